The molecule has 0 unspecified atom stereocenters. The largest absolute Gasteiger partial charge is 0.504 e. The summed E-state index contributed by atoms with van der Waals surface area (Å²) in [6.45, 7) is 0. The Morgan fingerprint density at radius 1 is 1.29 bits per heavy atom. The minimum Gasteiger partial charge on any atom is -0.504 e. The van der Waals surface area contributed by atoms with Gasteiger partial charge in [0.25, 0.3) is 0 Å². The molecule has 6 heteroatoms. The van der Waals surface area contributed by atoms with Gasteiger partial charge in [0.1, 0.15) is 0 Å². The van der Waals surface area contributed by atoms with Crippen LogP contribution in [0.4, 0.5) is 5.69 Å². The maximum atomic E-state index is 10.9. The number of phenols is 1. The maximum Gasteiger partial charge on any atom is 0.335 e. The molecule has 108 valence electrons. The molecular weight excluding hydrogens is 272 g/mol. The van der Waals surface area contributed by atoms with Crippen LogP contribution >= 0.6 is 0 Å². The van der Waals surface area contributed by atoms with Crippen LogP contribution < -0.4 is 10.2 Å². The Labute approximate surface area is 121 Å². The molecule has 0 fully saturated rings. The van der Waals surface area contributed by atoms with E-state index in [1.165, 1.54) is 25.5 Å². The number of benzene rings is 2. The molecule has 0 saturated carbocycles. The second kappa shape index (κ2) is 6.42. The van der Waals surface area contributed by atoms with Gasteiger partial charge in [0.2, 0.25) is 0 Å². The quantitative estimate of drug-likeness (QED) is 0.580. The van der Waals surface area contributed by atoms with Gasteiger partial charge in [-0.1, -0.05) is 12.1 Å². The number of carbonyl (C=O) groups is 1. The summed E-state index contributed by atoms with van der Waals surface area (Å²) in [5.74, 6) is -0.662. The summed E-state index contributed by atoms with van der Waals surface area (Å²) in [7, 11) is 1.46. The van der Waals surface area contributed by atoms with Gasteiger partial charge in [-0.3, -0.25) is 5.43 Å². The number of ether oxygens (including phenoxy) is 1. The number of phenolic OH excluding ortho intramolecular Hbond substituents is 1. The highest BCUT2D eigenvalue weighted by Gasteiger charge is 2.05. The molecule has 0 aliphatic rings. The number of rotatable bonds is 5. The van der Waals surface area contributed by atoms with Crippen molar-refractivity contribution >= 4 is 17.9 Å². The predicted octanol–water partition coefficient (Wildman–Crippen LogP) is 2.55. The van der Waals surface area contributed by atoms with Crippen molar-refractivity contribution in [3.63, 3.8) is 0 Å². The monoisotopic (exact) mass is 286 g/mol. The second-order valence-electron chi connectivity index (χ2n) is 4.15. The highest BCUT2D eigenvalue weighted by atomic mass is 16.5. The van der Waals surface area contributed by atoms with Crippen molar-refractivity contribution < 1.29 is 19.7 Å². The SMILES string of the molecule is COc1cccc(C=NNc2cccc(C(=O)O)c2)c1O. The summed E-state index contributed by atoms with van der Waals surface area (Å²) in [5, 5.41) is 22.7. The van der Waals surface area contributed by atoms with Crippen LogP contribution in [-0.4, -0.2) is 29.5 Å². The molecule has 0 aromatic heterocycles. The Kier molecular flexibility index (Phi) is 4.40. The lowest BCUT2D eigenvalue weighted by Gasteiger charge is -2.05. The van der Waals surface area contributed by atoms with Crippen molar-refractivity contribution in [1.29, 1.82) is 0 Å². The number of nitrogens with one attached hydrogen (secondary N) is 1. The molecule has 0 amide bonds. The fraction of sp³-hybridized carbons (Fsp3) is 0.0667. The Hall–Kier alpha value is -3.02. The van der Waals surface area contributed by atoms with Gasteiger partial charge in [0, 0.05) is 5.56 Å². The third-order valence-corrected chi connectivity index (χ3v) is 2.76. The van der Waals surface area contributed by atoms with Gasteiger partial charge in [0.15, 0.2) is 11.5 Å². The first kappa shape index (κ1) is 14.4. The van der Waals surface area contributed by atoms with Crippen LogP contribution in [-0.2, 0) is 0 Å². The number of aromatic hydroxyl groups is 1. The first-order valence-corrected chi connectivity index (χ1v) is 6.10. The molecule has 0 spiro atoms. The summed E-state index contributed by atoms with van der Waals surface area (Å²) in [6, 6.07) is 11.3. The molecule has 2 aromatic rings. The second-order valence-corrected chi connectivity index (χ2v) is 4.15. The summed E-state index contributed by atoms with van der Waals surface area (Å²) < 4.78 is 4.99. The van der Waals surface area contributed by atoms with E-state index in [1.807, 2.05) is 0 Å². The number of nitrogens with zero attached hydrogens (tertiary/aromatic N) is 1. The molecular formula is C15H14N2O4. The van der Waals surface area contributed by atoms with E-state index >= 15 is 0 Å². The summed E-state index contributed by atoms with van der Waals surface area (Å²) in [6.07, 6.45) is 1.42. The topological polar surface area (TPSA) is 91.2 Å². The van der Waals surface area contributed by atoms with Crippen molar-refractivity contribution in [3.05, 3.63) is 53.6 Å². The minimum atomic E-state index is -1.01. The molecule has 2 rings (SSSR count). The fourth-order valence-corrected chi connectivity index (χ4v) is 1.71. The van der Waals surface area contributed by atoms with Crippen LogP contribution in [0.1, 0.15) is 15.9 Å². The van der Waals surface area contributed by atoms with E-state index in [0.29, 0.717) is 17.0 Å². The minimum absolute atomic E-state index is 0.00941. The predicted molar refractivity (Wildman–Crippen MR) is 79.3 cm³/mol. The molecule has 0 bridgehead atoms. The molecule has 0 aliphatic carbocycles. The molecule has 2 aromatic carbocycles. The third-order valence-electron chi connectivity index (χ3n) is 2.76. The van der Waals surface area contributed by atoms with E-state index in [-0.39, 0.29) is 11.3 Å². The van der Waals surface area contributed by atoms with Crippen LogP contribution in [0.5, 0.6) is 11.5 Å². The van der Waals surface area contributed by atoms with Gasteiger partial charge in [-0.2, -0.15) is 5.10 Å². The number of carboxylic acid groups (broad SMARTS) is 1. The lowest BCUT2D eigenvalue weighted by Crippen LogP contribution is -1.98. The van der Waals surface area contributed by atoms with Crippen LogP contribution in [0.15, 0.2) is 47.6 Å². The molecule has 0 radical (unpaired) electrons. The molecule has 0 heterocycles. The third kappa shape index (κ3) is 3.50. The molecule has 21 heavy (non-hydrogen) atoms. The zero-order valence-electron chi connectivity index (χ0n) is 11.3. The fourth-order valence-electron chi connectivity index (χ4n) is 1.71. The van der Waals surface area contributed by atoms with Gasteiger partial charge in [-0.15, -0.1) is 0 Å². The lowest BCUT2D eigenvalue weighted by molar-refractivity contribution is 0.0697. The Morgan fingerprint density at radius 3 is 2.76 bits per heavy atom. The van der Waals surface area contributed by atoms with E-state index in [1.54, 1.807) is 30.3 Å². The van der Waals surface area contributed by atoms with E-state index in [9.17, 15) is 9.90 Å². The van der Waals surface area contributed by atoms with Crippen LogP contribution in [0, 0.1) is 0 Å². The van der Waals surface area contributed by atoms with Crippen LogP contribution in [0.25, 0.3) is 0 Å². The molecule has 0 aliphatic heterocycles. The number of hydrazone groups is 1. The van der Waals surface area contributed by atoms with Crippen LogP contribution in [0.3, 0.4) is 0 Å². The van der Waals surface area contributed by atoms with E-state index in [4.69, 9.17) is 9.84 Å². The Bertz CT molecular complexity index is 683. The number of methoxy groups -OCH3 is 1. The average molecular weight is 286 g/mol. The maximum absolute atomic E-state index is 10.9. The van der Waals surface area contributed by atoms with E-state index < -0.39 is 5.97 Å². The number of hydrogen-bond donors (Lipinski definition) is 3. The molecule has 6 nitrogen and oxygen atoms in total. The zero-order valence-corrected chi connectivity index (χ0v) is 11.3. The summed E-state index contributed by atoms with van der Waals surface area (Å²) in [5.41, 5.74) is 3.89. The Balaban J connectivity index is 2.13. The number of anilines is 1. The first-order chi connectivity index (χ1) is 10.1. The highest BCUT2D eigenvalue weighted by Crippen LogP contribution is 2.28. The molecule has 0 atom stereocenters. The van der Waals surface area contributed by atoms with E-state index in [2.05, 4.69) is 10.5 Å². The van der Waals surface area contributed by atoms with E-state index in [0.717, 1.165) is 0 Å². The first-order valence-electron chi connectivity index (χ1n) is 6.10. The lowest BCUT2D eigenvalue weighted by atomic mass is 10.2. The van der Waals surface area contributed by atoms with Crippen molar-refractivity contribution in [2.24, 2.45) is 5.10 Å². The summed E-state index contributed by atoms with van der Waals surface area (Å²) in [4.78, 5) is 10.9. The average Bonchev–Trinajstić information content (AvgIpc) is 2.49. The highest BCUT2D eigenvalue weighted by molar-refractivity contribution is 5.89. The van der Waals surface area contributed by atoms with Gasteiger partial charge in [-0.25, -0.2) is 4.79 Å². The summed E-state index contributed by atoms with van der Waals surface area (Å²) >= 11 is 0. The van der Waals surface area contributed by atoms with Crippen LogP contribution in [0.2, 0.25) is 0 Å². The number of aromatic carboxylic acids is 1. The molecule has 3 N–H and O–H groups in total. The Morgan fingerprint density at radius 2 is 2.05 bits per heavy atom. The van der Waals surface area contributed by atoms with Crippen molar-refractivity contribution in [2.45, 2.75) is 0 Å². The van der Waals surface area contributed by atoms with Gasteiger partial charge in [0.05, 0.1) is 24.6 Å². The van der Waals surface area contributed by atoms with Crippen molar-refractivity contribution in [1.82, 2.24) is 0 Å². The van der Waals surface area contributed by atoms with Crippen molar-refractivity contribution in [3.8, 4) is 11.5 Å². The van der Waals surface area contributed by atoms with Crippen molar-refractivity contribution in [2.75, 3.05) is 12.5 Å². The van der Waals surface area contributed by atoms with Gasteiger partial charge < -0.3 is 14.9 Å². The van der Waals surface area contributed by atoms with Gasteiger partial charge >= 0.3 is 5.97 Å². The standard InChI is InChI=1S/C15H14N2O4/c1-21-13-7-3-5-11(14(13)18)9-16-17-12-6-2-4-10(8-12)15(19)20/h2-9,17-18H,1H3,(H,19,20). The number of para-hydroxylation sites is 1. The van der Waals surface area contributed by atoms with Gasteiger partial charge in [-0.05, 0) is 30.3 Å². The number of carboxylic acids is 1. The normalized spacial score (nSPS) is 10.5. The zero-order chi connectivity index (χ0) is 15.2. The number of hydrogen-bond acceptors (Lipinski definition) is 5. The molecule has 0 saturated heterocycles. The smallest absolute Gasteiger partial charge is 0.335 e.